The van der Waals surface area contributed by atoms with Gasteiger partial charge in [0.05, 0.1) is 5.66 Å². The Morgan fingerprint density at radius 3 is 2.43 bits per heavy atom. The minimum atomic E-state index is -1.13. The highest BCUT2D eigenvalue weighted by atomic mass is 16.4. The summed E-state index contributed by atoms with van der Waals surface area (Å²) in [6.07, 6.45) is 4.71. The van der Waals surface area contributed by atoms with Crippen molar-refractivity contribution in [3.8, 4) is 0 Å². The Balaban J connectivity index is 2.18. The number of carbonyl (C=O) groups excluding carboxylic acids is 1. The first-order chi connectivity index (χ1) is 9.73. The summed E-state index contributed by atoms with van der Waals surface area (Å²) < 4.78 is 0. The van der Waals surface area contributed by atoms with Crippen molar-refractivity contribution in [2.45, 2.75) is 76.5 Å². The molecule has 0 radical (unpaired) electrons. The number of hydrogen-bond acceptors (Lipinski definition) is 3. The van der Waals surface area contributed by atoms with Gasteiger partial charge in [0.15, 0.2) is 0 Å². The Morgan fingerprint density at radius 2 is 1.90 bits per heavy atom. The minimum Gasteiger partial charge on any atom is -0.465 e. The fourth-order valence-corrected chi connectivity index (χ4v) is 3.68. The fraction of sp³-hybridized carbons (Fsp3) is 0.867. The van der Waals surface area contributed by atoms with E-state index in [1.165, 1.54) is 6.42 Å². The van der Waals surface area contributed by atoms with Crippen molar-refractivity contribution in [1.82, 2.24) is 15.5 Å². The molecular formula is C15H27N3O3. The molecule has 1 saturated heterocycles. The number of carbonyl (C=O) groups is 2. The van der Waals surface area contributed by atoms with Gasteiger partial charge in [-0.25, -0.2) is 4.79 Å². The van der Waals surface area contributed by atoms with E-state index in [0.29, 0.717) is 13.0 Å². The predicted octanol–water partition coefficient (Wildman–Crippen LogP) is 1.90. The lowest BCUT2D eigenvalue weighted by Crippen LogP contribution is -2.65. The standard InChI is InChI=1S/C15H27N3O3/c1-14(2,3)17-15(8-5-4-6-9-15)18-10-7-11(12(18)19)16-13(20)21/h11,16-17H,4-10H2,1-3H3,(H,20,21). The van der Waals surface area contributed by atoms with Crippen LogP contribution in [0.15, 0.2) is 0 Å². The molecule has 1 saturated carbocycles. The van der Waals surface area contributed by atoms with Crippen LogP contribution in [-0.4, -0.2) is 45.8 Å². The third-order valence-corrected chi connectivity index (χ3v) is 4.31. The number of amides is 2. The van der Waals surface area contributed by atoms with Crippen LogP contribution in [-0.2, 0) is 4.79 Å². The maximum absolute atomic E-state index is 12.6. The Morgan fingerprint density at radius 1 is 1.29 bits per heavy atom. The van der Waals surface area contributed by atoms with E-state index in [2.05, 4.69) is 31.4 Å². The molecule has 120 valence electrons. The molecule has 21 heavy (non-hydrogen) atoms. The van der Waals surface area contributed by atoms with Gasteiger partial charge in [0, 0.05) is 12.1 Å². The molecule has 1 aliphatic heterocycles. The van der Waals surface area contributed by atoms with Gasteiger partial charge in [-0.15, -0.1) is 0 Å². The molecule has 2 amide bonds. The molecule has 1 unspecified atom stereocenters. The summed E-state index contributed by atoms with van der Waals surface area (Å²) in [6.45, 7) is 6.94. The average molecular weight is 297 g/mol. The van der Waals surface area contributed by atoms with Crippen LogP contribution in [0.5, 0.6) is 0 Å². The number of hydrogen-bond donors (Lipinski definition) is 3. The van der Waals surface area contributed by atoms with E-state index in [1.54, 1.807) is 0 Å². The predicted molar refractivity (Wildman–Crippen MR) is 80.0 cm³/mol. The fourth-order valence-electron chi connectivity index (χ4n) is 3.68. The van der Waals surface area contributed by atoms with Crippen molar-refractivity contribution in [2.24, 2.45) is 0 Å². The summed E-state index contributed by atoms with van der Waals surface area (Å²) in [5, 5.41) is 14.8. The first-order valence-electron chi connectivity index (χ1n) is 7.84. The lowest BCUT2D eigenvalue weighted by molar-refractivity contribution is -0.138. The molecule has 1 atom stereocenters. The molecule has 6 heteroatoms. The maximum Gasteiger partial charge on any atom is 0.405 e. The second kappa shape index (κ2) is 5.83. The lowest BCUT2D eigenvalue weighted by Gasteiger charge is -2.49. The molecule has 2 fully saturated rings. The number of carboxylic acid groups (broad SMARTS) is 1. The van der Waals surface area contributed by atoms with Gasteiger partial charge in [0.1, 0.15) is 6.04 Å². The Hall–Kier alpha value is -1.30. The van der Waals surface area contributed by atoms with Gasteiger partial charge >= 0.3 is 6.09 Å². The second-order valence-corrected chi connectivity index (χ2v) is 7.25. The number of rotatable bonds is 3. The van der Waals surface area contributed by atoms with Crippen molar-refractivity contribution in [3.05, 3.63) is 0 Å². The maximum atomic E-state index is 12.6. The van der Waals surface area contributed by atoms with Gasteiger partial charge in [0.25, 0.3) is 0 Å². The third-order valence-electron chi connectivity index (χ3n) is 4.31. The number of nitrogens with one attached hydrogen (secondary N) is 2. The van der Waals surface area contributed by atoms with Gasteiger partial charge in [-0.3, -0.25) is 10.1 Å². The molecule has 3 N–H and O–H groups in total. The molecule has 6 nitrogen and oxygen atoms in total. The van der Waals surface area contributed by atoms with Crippen molar-refractivity contribution in [3.63, 3.8) is 0 Å². The van der Waals surface area contributed by atoms with Gasteiger partial charge < -0.3 is 15.3 Å². The van der Waals surface area contributed by atoms with Crippen LogP contribution in [0.3, 0.4) is 0 Å². The second-order valence-electron chi connectivity index (χ2n) is 7.25. The highest BCUT2D eigenvalue weighted by Gasteiger charge is 2.47. The summed E-state index contributed by atoms with van der Waals surface area (Å²) in [4.78, 5) is 25.3. The number of likely N-dealkylation sites (tertiary alicyclic amines) is 1. The molecule has 1 heterocycles. The molecule has 0 aromatic heterocycles. The van der Waals surface area contributed by atoms with Crippen LogP contribution < -0.4 is 10.6 Å². The molecular weight excluding hydrogens is 270 g/mol. The molecule has 0 bridgehead atoms. The molecule has 0 aromatic carbocycles. The molecule has 2 rings (SSSR count). The largest absolute Gasteiger partial charge is 0.465 e. The number of nitrogens with zero attached hydrogens (tertiary/aromatic N) is 1. The first-order valence-corrected chi connectivity index (χ1v) is 7.84. The quantitative estimate of drug-likeness (QED) is 0.743. The molecule has 0 spiro atoms. The molecule has 1 aliphatic carbocycles. The van der Waals surface area contributed by atoms with Gasteiger partial charge in [0.2, 0.25) is 5.91 Å². The minimum absolute atomic E-state index is 0.0870. The Bertz CT molecular complexity index is 411. The van der Waals surface area contributed by atoms with Crippen molar-refractivity contribution in [2.75, 3.05) is 6.54 Å². The SMILES string of the molecule is CC(C)(C)NC1(N2CCC(NC(=O)O)C2=O)CCCCC1. The van der Waals surface area contributed by atoms with E-state index < -0.39 is 12.1 Å². The zero-order valence-corrected chi connectivity index (χ0v) is 13.2. The van der Waals surface area contributed by atoms with E-state index >= 15 is 0 Å². The zero-order chi connectivity index (χ0) is 15.7. The zero-order valence-electron chi connectivity index (χ0n) is 13.2. The normalized spacial score (nSPS) is 26.0. The van der Waals surface area contributed by atoms with Crippen LogP contribution in [0, 0.1) is 0 Å². The summed E-state index contributed by atoms with van der Waals surface area (Å²) >= 11 is 0. The first kappa shape index (κ1) is 16.1. The average Bonchev–Trinajstić information content (AvgIpc) is 2.70. The smallest absolute Gasteiger partial charge is 0.405 e. The van der Waals surface area contributed by atoms with E-state index in [0.717, 1.165) is 25.7 Å². The summed E-state index contributed by atoms with van der Waals surface area (Å²) in [6, 6.07) is -0.594. The highest BCUT2D eigenvalue weighted by Crippen LogP contribution is 2.36. The van der Waals surface area contributed by atoms with Crippen LogP contribution in [0.4, 0.5) is 4.79 Å². The van der Waals surface area contributed by atoms with Crippen LogP contribution in [0.2, 0.25) is 0 Å². The summed E-state index contributed by atoms with van der Waals surface area (Å²) in [5.41, 5.74) is -0.404. The van der Waals surface area contributed by atoms with Gasteiger partial charge in [-0.05, 0) is 52.9 Å². The van der Waals surface area contributed by atoms with Crippen LogP contribution >= 0.6 is 0 Å². The van der Waals surface area contributed by atoms with Crippen molar-refractivity contribution in [1.29, 1.82) is 0 Å². The molecule has 2 aliphatic rings. The van der Waals surface area contributed by atoms with Crippen molar-refractivity contribution < 1.29 is 14.7 Å². The lowest BCUT2D eigenvalue weighted by atomic mass is 9.85. The van der Waals surface area contributed by atoms with E-state index in [-0.39, 0.29) is 17.1 Å². The summed E-state index contributed by atoms with van der Waals surface area (Å²) in [7, 11) is 0. The van der Waals surface area contributed by atoms with E-state index in [9.17, 15) is 9.59 Å². The monoisotopic (exact) mass is 297 g/mol. The van der Waals surface area contributed by atoms with Crippen LogP contribution in [0.1, 0.15) is 59.3 Å². The van der Waals surface area contributed by atoms with Gasteiger partial charge in [-0.2, -0.15) is 0 Å². The van der Waals surface area contributed by atoms with Gasteiger partial charge in [-0.1, -0.05) is 6.42 Å². The molecule has 0 aromatic rings. The van der Waals surface area contributed by atoms with Crippen LogP contribution in [0.25, 0.3) is 0 Å². The Labute approximate surface area is 126 Å². The third kappa shape index (κ3) is 3.67. The van der Waals surface area contributed by atoms with Crippen molar-refractivity contribution >= 4 is 12.0 Å². The van der Waals surface area contributed by atoms with E-state index in [1.807, 2.05) is 4.90 Å². The summed E-state index contributed by atoms with van der Waals surface area (Å²) in [5.74, 6) is -0.0870. The van der Waals surface area contributed by atoms with E-state index in [4.69, 9.17) is 5.11 Å². The topological polar surface area (TPSA) is 81.7 Å². The highest BCUT2D eigenvalue weighted by molar-refractivity contribution is 5.87. The Kier molecular flexibility index (Phi) is 4.46.